The number of anilines is 1. The third kappa shape index (κ3) is 2.77. The molecule has 116 valence electrons. The van der Waals surface area contributed by atoms with Crippen molar-refractivity contribution in [1.82, 2.24) is 5.53 Å². The molecule has 0 aromatic heterocycles. The first kappa shape index (κ1) is 14.2. The summed E-state index contributed by atoms with van der Waals surface area (Å²) < 4.78 is 0. The van der Waals surface area contributed by atoms with Crippen LogP contribution in [0.2, 0.25) is 0 Å². The molecule has 0 amide bonds. The molecular formula is C20H16N4. The summed E-state index contributed by atoms with van der Waals surface area (Å²) in [6.07, 6.45) is 0. The fourth-order valence-electron chi connectivity index (χ4n) is 2.79. The molecule has 24 heavy (non-hydrogen) atoms. The van der Waals surface area contributed by atoms with Gasteiger partial charge in [0, 0.05) is 10.8 Å². The molecular weight excluding hydrogens is 296 g/mol. The molecule has 4 aromatic carbocycles. The average molecular weight is 312 g/mol. The lowest BCUT2D eigenvalue weighted by Crippen LogP contribution is -2.13. The predicted octanol–water partition coefficient (Wildman–Crippen LogP) is 5.61. The summed E-state index contributed by atoms with van der Waals surface area (Å²) in [5.74, 6) is 0. The standard InChI is InChI=1S/C20H16N4/c1-3-11-17-15(7-1)9-5-13-19(17)21-23-24-22-20-14-6-10-16-8-2-4-12-18(16)20/h1-14H,(H,21,24)(H,22,23). The lowest BCUT2D eigenvalue weighted by Gasteiger charge is -2.08. The van der Waals surface area contributed by atoms with Gasteiger partial charge in [-0.15, -0.1) is 5.11 Å². The zero-order valence-electron chi connectivity index (χ0n) is 13.0. The van der Waals surface area contributed by atoms with Gasteiger partial charge in [-0.25, -0.2) is 5.53 Å². The summed E-state index contributed by atoms with van der Waals surface area (Å²) in [6, 6.07) is 28.4. The highest BCUT2D eigenvalue weighted by molar-refractivity contribution is 5.93. The van der Waals surface area contributed by atoms with E-state index in [1.54, 1.807) is 0 Å². The van der Waals surface area contributed by atoms with Crippen molar-refractivity contribution in [2.45, 2.75) is 0 Å². The minimum Gasteiger partial charge on any atom is -0.283 e. The van der Waals surface area contributed by atoms with Crippen molar-refractivity contribution >= 4 is 32.9 Å². The zero-order chi connectivity index (χ0) is 16.2. The number of nitrogens with zero attached hydrogens (tertiary/aromatic N) is 2. The fourth-order valence-corrected chi connectivity index (χ4v) is 2.79. The number of hydrogen-bond acceptors (Lipinski definition) is 3. The van der Waals surface area contributed by atoms with Gasteiger partial charge in [-0.3, -0.25) is 5.43 Å². The van der Waals surface area contributed by atoms with Gasteiger partial charge < -0.3 is 0 Å². The Morgan fingerprint density at radius 3 is 2.04 bits per heavy atom. The van der Waals surface area contributed by atoms with Crippen LogP contribution in [0.4, 0.5) is 11.4 Å². The monoisotopic (exact) mass is 312 g/mol. The molecule has 4 aromatic rings. The molecule has 0 saturated carbocycles. The smallest absolute Gasteiger partial charge is 0.0953 e. The number of benzene rings is 4. The van der Waals surface area contributed by atoms with E-state index in [9.17, 15) is 0 Å². The summed E-state index contributed by atoms with van der Waals surface area (Å²) in [4.78, 5) is 0. The number of hydrazine groups is 1. The van der Waals surface area contributed by atoms with Crippen LogP contribution in [-0.2, 0) is 0 Å². The van der Waals surface area contributed by atoms with E-state index in [0.29, 0.717) is 0 Å². The SMILES string of the molecule is c1ccc2c(N=NNNc3cccc4ccccc34)cccc2c1. The van der Waals surface area contributed by atoms with E-state index in [1.165, 1.54) is 5.39 Å². The molecule has 0 spiro atoms. The minimum atomic E-state index is 0.834. The Bertz CT molecular complexity index is 1010. The van der Waals surface area contributed by atoms with Crippen LogP contribution in [0.25, 0.3) is 21.5 Å². The van der Waals surface area contributed by atoms with Crippen LogP contribution in [0.15, 0.2) is 95.3 Å². The number of hydrogen-bond donors (Lipinski definition) is 2. The normalized spacial score (nSPS) is 11.2. The summed E-state index contributed by atoms with van der Waals surface area (Å²) in [6.45, 7) is 0. The molecule has 0 aliphatic rings. The first-order chi connectivity index (χ1) is 11.9. The maximum atomic E-state index is 4.28. The van der Waals surface area contributed by atoms with E-state index in [-0.39, 0.29) is 0 Å². The molecule has 0 atom stereocenters. The highest BCUT2D eigenvalue weighted by Gasteiger charge is 1.99. The number of fused-ring (bicyclic) bond motifs is 2. The van der Waals surface area contributed by atoms with Crippen LogP contribution in [0, 0.1) is 0 Å². The molecule has 2 N–H and O–H groups in total. The van der Waals surface area contributed by atoms with E-state index in [0.717, 1.165) is 27.5 Å². The van der Waals surface area contributed by atoms with Crippen LogP contribution < -0.4 is 11.0 Å². The van der Waals surface area contributed by atoms with Crippen molar-refractivity contribution in [1.29, 1.82) is 0 Å². The Morgan fingerprint density at radius 1 is 0.583 bits per heavy atom. The molecule has 0 heterocycles. The van der Waals surface area contributed by atoms with Gasteiger partial charge in [0.2, 0.25) is 0 Å². The van der Waals surface area contributed by atoms with Gasteiger partial charge in [0.1, 0.15) is 0 Å². The van der Waals surface area contributed by atoms with Crippen LogP contribution in [0.1, 0.15) is 0 Å². The Labute approximate surface area is 139 Å². The van der Waals surface area contributed by atoms with Crippen molar-refractivity contribution in [2.75, 3.05) is 5.43 Å². The third-order valence-electron chi connectivity index (χ3n) is 3.95. The largest absolute Gasteiger partial charge is 0.283 e. The lowest BCUT2D eigenvalue weighted by molar-refractivity contribution is 0.808. The molecule has 0 fully saturated rings. The maximum absolute atomic E-state index is 4.28. The second-order valence-corrected chi connectivity index (χ2v) is 5.46. The van der Waals surface area contributed by atoms with Gasteiger partial charge in [-0.2, -0.15) is 0 Å². The van der Waals surface area contributed by atoms with Crippen LogP contribution in [0.3, 0.4) is 0 Å². The Hall–Kier alpha value is -3.40. The molecule has 0 saturated heterocycles. The van der Waals surface area contributed by atoms with Gasteiger partial charge in [-0.1, -0.05) is 78.0 Å². The molecule has 0 unspecified atom stereocenters. The van der Waals surface area contributed by atoms with Crippen molar-refractivity contribution in [3.63, 3.8) is 0 Å². The number of nitrogens with one attached hydrogen (secondary N) is 2. The summed E-state index contributed by atoms with van der Waals surface area (Å²) in [7, 11) is 0. The van der Waals surface area contributed by atoms with Crippen molar-refractivity contribution < 1.29 is 0 Å². The maximum Gasteiger partial charge on any atom is 0.0953 e. The second-order valence-electron chi connectivity index (χ2n) is 5.46. The first-order valence-electron chi connectivity index (χ1n) is 7.79. The first-order valence-corrected chi connectivity index (χ1v) is 7.79. The van der Waals surface area contributed by atoms with E-state index in [2.05, 4.69) is 51.6 Å². The lowest BCUT2D eigenvalue weighted by atomic mass is 10.1. The zero-order valence-corrected chi connectivity index (χ0v) is 13.0. The molecule has 4 nitrogen and oxygen atoms in total. The quantitative estimate of drug-likeness (QED) is 0.380. The predicted molar refractivity (Wildman–Crippen MR) is 99.2 cm³/mol. The summed E-state index contributed by atoms with van der Waals surface area (Å²) >= 11 is 0. The van der Waals surface area contributed by atoms with E-state index < -0.39 is 0 Å². The van der Waals surface area contributed by atoms with E-state index in [1.807, 2.05) is 54.6 Å². The minimum absolute atomic E-state index is 0.834. The van der Waals surface area contributed by atoms with Crippen LogP contribution >= 0.6 is 0 Å². The van der Waals surface area contributed by atoms with Gasteiger partial charge >= 0.3 is 0 Å². The summed E-state index contributed by atoms with van der Waals surface area (Å²) in [5.41, 5.74) is 7.71. The molecule has 4 rings (SSSR count). The Morgan fingerprint density at radius 2 is 1.21 bits per heavy atom. The Balaban J connectivity index is 1.53. The van der Waals surface area contributed by atoms with Crippen LogP contribution in [0.5, 0.6) is 0 Å². The summed E-state index contributed by atoms with van der Waals surface area (Å²) in [5, 5.41) is 12.9. The van der Waals surface area contributed by atoms with Gasteiger partial charge in [0.05, 0.1) is 11.4 Å². The van der Waals surface area contributed by atoms with Crippen molar-refractivity contribution in [3.8, 4) is 0 Å². The fraction of sp³-hybridized carbons (Fsp3) is 0. The van der Waals surface area contributed by atoms with E-state index in [4.69, 9.17) is 0 Å². The van der Waals surface area contributed by atoms with Gasteiger partial charge in [0.15, 0.2) is 0 Å². The van der Waals surface area contributed by atoms with Gasteiger partial charge in [0.25, 0.3) is 0 Å². The molecule has 0 radical (unpaired) electrons. The van der Waals surface area contributed by atoms with E-state index >= 15 is 0 Å². The highest BCUT2D eigenvalue weighted by Crippen LogP contribution is 2.26. The molecule has 0 bridgehead atoms. The van der Waals surface area contributed by atoms with Gasteiger partial charge in [-0.05, 0) is 22.9 Å². The topological polar surface area (TPSA) is 48.8 Å². The van der Waals surface area contributed by atoms with Crippen molar-refractivity contribution in [2.24, 2.45) is 10.3 Å². The third-order valence-corrected chi connectivity index (χ3v) is 3.95. The highest BCUT2D eigenvalue weighted by atomic mass is 15.6. The second kappa shape index (κ2) is 6.38. The average Bonchev–Trinajstić information content (AvgIpc) is 2.65. The Kier molecular flexibility index (Phi) is 3.78. The molecule has 0 aliphatic carbocycles. The van der Waals surface area contributed by atoms with Crippen molar-refractivity contribution in [3.05, 3.63) is 84.9 Å². The van der Waals surface area contributed by atoms with Crippen LogP contribution in [-0.4, -0.2) is 0 Å². The number of rotatable bonds is 4. The molecule has 4 heteroatoms. The molecule has 0 aliphatic heterocycles.